The smallest absolute Gasteiger partial charge is 0.184 e. The average Bonchev–Trinajstić information content (AvgIpc) is 2.36. The quantitative estimate of drug-likeness (QED) is 0.497. The van der Waals surface area contributed by atoms with Crippen LogP contribution in [0.2, 0.25) is 0 Å². The van der Waals surface area contributed by atoms with Crippen molar-refractivity contribution in [3.63, 3.8) is 0 Å². The summed E-state index contributed by atoms with van der Waals surface area (Å²) in [5, 5.41) is 2.10. The van der Waals surface area contributed by atoms with Crippen LogP contribution in [0.15, 0.2) is 24.3 Å². The highest BCUT2D eigenvalue weighted by Crippen LogP contribution is 2.30. The summed E-state index contributed by atoms with van der Waals surface area (Å²) in [6.45, 7) is 0. The Balaban J connectivity index is 2.48. The Kier molecular flexibility index (Phi) is 3.28. The minimum Gasteiger partial charge on any atom is -0.397 e. The maximum atomic E-state index is 13.5. The van der Waals surface area contributed by atoms with E-state index in [9.17, 15) is 22.0 Å². The van der Waals surface area contributed by atoms with E-state index in [1.54, 1.807) is 0 Å². The van der Waals surface area contributed by atoms with Gasteiger partial charge in [-0.1, -0.05) is 0 Å². The lowest BCUT2D eigenvalue weighted by Crippen LogP contribution is -2.04. The standard InChI is InChI=1S/C12H7F5N2/c13-5-1-2-9(18)12(11(5)17)19-10-4-7(15)6(14)3-8(10)16/h1-4,19H,18H2. The van der Waals surface area contributed by atoms with Gasteiger partial charge in [0.25, 0.3) is 0 Å². The Hall–Kier alpha value is -2.31. The maximum Gasteiger partial charge on any atom is 0.184 e. The molecule has 0 atom stereocenters. The monoisotopic (exact) mass is 274 g/mol. The summed E-state index contributed by atoms with van der Waals surface area (Å²) in [6.07, 6.45) is 0. The predicted octanol–water partition coefficient (Wildman–Crippen LogP) is 3.71. The molecule has 0 aliphatic heterocycles. The highest BCUT2D eigenvalue weighted by Gasteiger charge is 2.15. The number of hydrogen-bond donors (Lipinski definition) is 2. The zero-order valence-corrected chi connectivity index (χ0v) is 9.28. The van der Waals surface area contributed by atoms with Crippen molar-refractivity contribution >= 4 is 17.1 Å². The van der Waals surface area contributed by atoms with Gasteiger partial charge in [-0.05, 0) is 12.1 Å². The molecule has 0 aliphatic rings. The molecular formula is C12H7F5N2. The molecule has 19 heavy (non-hydrogen) atoms. The molecule has 2 aromatic carbocycles. The van der Waals surface area contributed by atoms with Gasteiger partial charge < -0.3 is 11.1 Å². The number of anilines is 3. The van der Waals surface area contributed by atoms with E-state index in [0.29, 0.717) is 6.07 Å². The van der Waals surface area contributed by atoms with Gasteiger partial charge in [-0.3, -0.25) is 0 Å². The van der Waals surface area contributed by atoms with Crippen LogP contribution in [0, 0.1) is 29.1 Å². The summed E-state index contributed by atoms with van der Waals surface area (Å²) in [5.74, 6) is -6.44. The molecule has 0 unspecified atom stereocenters. The molecule has 0 amide bonds. The molecule has 2 nitrogen and oxygen atoms in total. The van der Waals surface area contributed by atoms with Gasteiger partial charge in [0.15, 0.2) is 23.3 Å². The molecule has 100 valence electrons. The first kappa shape index (κ1) is 13.1. The van der Waals surface area contributed by atoms with Gasteiger partial charge in [-0.25, -0.2) is 22.0 Å². The first-order valence-corrected chi connectivity index (χ1v) is 5.05. The third kappa shape index (κ3) is 2.44. The summed E-state index contributed by atoms with van der Waals surface area (Å²) < 4.78 is 65.5. The van der Waals surface area contributed by atoms with E-state index in [1.165, 1.54) is 0 Å². The van der Waals surface area contributed by atoms with Crippen molar-refractivity contribution in [2.45, 2.75) is 0 Å². The third-order valence-corrected chi connectivity index (χ3v) is 2.40. The van der Waals surface area contributed by atoms with Crippen LogP contribution in [0.25, 0.3) is 0 Å². The van der Waals surface area contributed by atoms with Crippen molar-refractivity contribution in [2.75, 3.05) is 11.1 Å². The van der Waals surface area contributed by atoms with E-state index >= 15 is 0 Å². The molecule has 0 saturated heterocycles. The minimum absolute atomic E-state index is 0.206. The molecule has 7 heteroatoms. The van der Waals surface area contributed by atoms with Crippen molar-refractivity contribution in [1.29, 1.82) is 0 Å². The molecule has 3 N–H and O–H groups in total. The zero-order chi connectivity index (χ0) is 14.2. The van der Waals surface area contributed by atoms with Gasteiger partial charge in [-0.15, -0.1) is 0 Å². The van der Waals surface area contributed by atoms with Gasteiger partial charge in [0.05, 0.1) is 11.4 Å². The fourth-order valence-corrected chi connectivity index (χ4v) is 1.45. The van der Waals surface area contributed by atoms with Gasteiger partial charge in [0, 0.05) is 12.1 Å². The van der Waals surface area contributed by atoms with Crippen molar-refractivity contribution in [2.24, 2.45) is 0 Å². The van der Waals surface area contributed by atoms with E-state index in [4.69, 9.17) is 5.73 Å². The summed E-state index contributed by atoms with van der Waals surface area (Å²) in [5.41, 5.74) is 4.08. The normalized spacial score (nSPS) is 10.6. The minimum atomic E-state index is -1.39. The van der Waals surface area contributed by atoms with E-state index in [1.807, 2.05) is 0 Å². The van der Waals surface area contributed by atoms with Crippen LogP contribution in [-0.4, -0.2) is 0 Å². The van der Waals surface area contributed by atoms with Crippen molar-refractivity contribution in [3.05, 3.63) is 53.4 Å². The summed E-state index contributed by atoms with van der Waals surface area (Å²) in [4.78, 5) is 0. The number of benzene rings is 2. The average molecular weight is 274 g/mol. The maximum absolute atomic E-state index is 13.5. The molecule has 0 aliphatic carbocycles. The lowest BCUT2D eigenvalue weighted by molar-refractivity contribution is 0.496. The van der Waals surface area contributed by atoms with Gasteiger partial charge in [-0.2, -0.15) is 0 Å². The van der Waals surface area contributed by atoms with E-state index in [-0.39, 0.29) is 11.8 Å². The third-order valence-electron chi connectivity index (χ3n) is 2.40. The molecule has 0 saturated carbocycles. The van der Waals surface area contributed by atoms with Crippen LogP contribution >= 0.6 is 0 Å². The number of nitrogens with two attached hydrogens (primary N) is 1. The number of halogens is 5. The van der Waals surface area contributed by atoms with Crippen LogP contribution in [-0.2, 0) is 0 Å². The van der Waals surface area contributed by atoms with Crippen LogP contribution in [0.3, 0.4) is 0 Å². The Morgan fingerprint density at radius 2 is 1.42 bits per heavy atom. The molecule has 0 radical (unpaired) electrons. The molecule has 0 fully saturated rings. The van der Waals surface area contributed by atoms with E-state index in [0.717, 1.165) is 12.1 Å². The highest BCUT2D eigenvalue weighted by atomic mass is 19.2. The summed E-state index contributed by atoms with van der Waals surface area (Å²) in [7, 11) is 0. The van der Waals surface area contributed by atoms with Crippen molar-refractivity contribution < 1.29 is 22.0 Å². The van der Waals surface area contributed by atoms with Crippen LogP contribution in [0.4, 0.5) is 39.0 Å². The Morgan fingerprint density at radius 3 is 2.11 bits per heavy atom. The lowest BCUT2D eigenvalue weighted by atomic mass is 10.2. The Labute approximate surface area is 104 Å². The lowest BCUT2D eigenvalue weighted by Gasteiger charge is -2.12. The molecule has 0 bridgehead atoms. The Morgan fingerprint density at radius 1 is 0.789 bits per heavy atom. The van der Waals surface area contributed by atoms with E-state index in [2.05, 4.69) is 5.32 Å². The molecule has 2 aromatic rings. The topological polar surface area (TPSA) is 38.0 Å². The van der Waals surface area contributed by atoms with Gasteiger partial charge in [0.2, 0.25) is 0 Å². The first-order chi connectivity index (χ1) is 8.90. The summed E-state index contributed by atoms with van der Waals surface area (Å²) >= 11 is 0. The second-order valence-electron chi connectivity index (χ2n) is 3.70. The largest absolute Gasteiger partial charge is 0.397 e. The zero-order valence-electron chi connectivity index (χ0n) is 9.28. The number of hydrogen-bond acceptors (Lipinski definition) is 2. The summed E-state index contributed by atoms with van der Waals surface area (Å²) in [6, 6.07) is 2.61. The first-order valence-electron chi connectivity index (χ1n) is 5.05. The van der Waals surface area contributed by atoms with E-state index < -0.39 is 40.5 Å². The number of nitrogen functional groups attached to an aromatic ring is 1. The second-order valence-corrected chi connectivity index (χ2v) is 3.70. The van der Waals surface area contributed by atoms with Crippen molar-refractivity contribution in [1.82, 2.24) is 0 Å². The van der Waals surface area contributed by atoms with Crippen LogP contribution in [0.5, 0.6) is 0 Å². The molecular weight excluding hydrogens is 267 g/mol. The van der Waals surface area contributed by atoms with Crippen LogP contribution < -0.4 is 11.1 Å². The fourth-order valence-electron chi connectivity index (χ4n) is 1.45. The SMILES string of the molecule is Nc1ccc(F)c(F)c1Nc1cc(F)c(F)cc1F. The molecule has 0 spiro atoms. The molecule has 0 heterocycles. The van der Waals surface area contributed by atoms with Gasteiger partial charge in [0.1, 0.15) is 11.5 Å². The van der Waals surface area contributed by atoms with Crippen molar-refractivity contribution in [3.8, 4) is 0 Å². The Bertz CT molecular complexity index is 643. The highest BCUT2D eigenvalue weighted by molar-refractivity contribution is 5.73. The molecule has 0 aromatic heterocycles. The number of rotatable bonds is 2. The fraction of sp³-hybridized carbons (Fsp3) is 0. The predicted molar refractivity (Wildman–Crippen MR) is 60.4 cm³/mol. The molecule has 2 rings (SSSR count). The van der Waals surface area contributed by atoms with Gasteiger partial charge >= 0.3 is 0 Å². The van der Waals surface area contributed by atoms with Crippen LogP contribution in [0.1, 0.15) is 0 Å². The second kappa shape index (κ2) is 4.75. The number of nitrogens with one attached hydrogen (secondary N) is 1.